The Morgan fingerprint density at radius 1 is 1.05 bits per heavy atom. The van der Waals surface area contributed by atoms with E-state index in [1.165, 1.54) is 12.1 Å². The molecule has 21 heavy (non-hydrogen) atoms. The molecule has 0 amide bonds. The number of aromatic hydroxyl groups is 1. The fraction of sp³-hybridized carbons (Fsp3) is 0.118. The molecule has 1 aliphatic rings. The number of allylic oxidation sites excluding steroid dienone is 1. The zero-order valence-electron chi connectivity index (χ0n) is 11.3. The maximum atomic E-state index is 11.3. The van der Waals surface area contributed by atoms with Crippen molar-refractivity contribution in [2.45, 2.75) is 6.42 Å². The molecule has 106 valence electrons. The molecule has 0 saturated heterocycles. The lowest BCUT2D eigenvalue weighted by Gasteiger charge is -1.99. The first-order chi connectivity index (χ1) is 10.2. The van der Waals surface area contributed by atoms with Gasteiger partial charge in [0.25, 0.3) is 0 Å². The van der Waals surface area contributed by atoms with Crippen LogP contribution in [-0.2, 0) is 6.42 Å². The monoisotopic (exact) mass is 282 g/mol. The van der Waals surface area contributed by atoms with Gasteiger partial charge in [-0.3, -0.25) is 4.79 Å². The van der Waals surface area contributed by atoms with Gasteiger partial charge in [-0.15, -0.1) is 0 Å². The van der Waals surface area contributed by atoms with Gasteiger partial charge >= 0.3 is 0 Å². The van der Waals surface area contributed by atoms with Gasteiger partial charge in [0.15, 0.2) is 17.2 Å². The Labute approximate surface area is 121 Å². The van der Waals surface area contributed by atoms with Crippen molar-refractivity contribution in [2.75, 3.05) is 6.79 Å². The highest BCUT2D eigenvalue weighted by molar-refractivity contribution is 5.51. The molecule has 1 aliphatic heterocycles. The van der Waals surface area contributed by atoms with Crippen molar-refractivity contribution in [1.29, 1.82) is 0 Å². The highest BCUT2D eigenvalue weighted by atomic mass is 16.7. The standard InChI is InChI=1S/C17H14O4/c18-14-7-4-12(5-8-15(14)19)2-1-3-13-6-9-16-17(10-13)21-11-20-16/h1-2,4-10H,3,11H2,(H,18,19)/b2-1+. The summed E-state index contributed by atoms with van der Waals surface area (Å²) in [6.45, 7) is 0.274. The van der Waals surface area contributed by atoms with Crippen molar-refractivity contribution in [2.24, 2.45) is 0 Å². The zero-order chi connectivity index (χ0) is 14.7. The van der Waals surface area contributed by atoms with Crippen LogP contribution >= 0.6 is 0 Å². The first-order valence-corrected chi connectivity index (χ1v) is 6.61. The van der Waals surface area contributed by atoms with Crippen LogP contribution in [0.4, 0.5) is 0 Å². The van der Waals surface area contributed by atoms with Crippen LogP contribution in [0.15, 0.2) is 53.3 Å². The molecule has 0 aliphatic carbocycles. The summed E-state index contributed by atoms with van der Waals surface area (Å²) in [6.07, 6.45) is 4.64. The number of fused-ring (bicyclic) bond motifs is 1. The fourth-order valence-electron chi connectivity index (χ4n) is 2.08. The lowest BCUT2D eigenvalue weighted by Crippen LogP contribution is -1.92. The molecular formula is C17H14O4. The third kappa shape index (κ3) is 3.05. The van der Waals surface area contributed by atoms with Crippen LogP contribution in [0.25, 0.3) is 6.08 Å². The Balaban J connectivity index is 1.73. The molecule has 4 heteroatoms. The van der Waals surface area contributed by atoms with Gasteiger partial charge < -0.3 is 14.6 Å². The average Bonchev–Trinajstić information content (AvgIpc) is 2.90. The minimum atomic E-state index is -0.384. The number of benzene rings is 1. The van der Waals surface area contributed by atoms with Crippen LogP contribution in [0.1, 0.15) is 11.1 Å². The maximum absolute atomic E-state index is 11.3. The van der Waals surface area contributed by atoms with E-state index in [4.69, 9.17) is 9.47 Å². The van der Waals surface area contributed by atoms with Crippen molar-refractivity contribution in [3.05, 3.63) is 69.9 Å². The fourth-order valence-corrected chi connectivity index (χ4v) is 2.08. The Bertz CT molecular complexity index is 750. The number of hydrogen-bond acceptors (Lipinski definition) is 4. The van der Waals surface area contributed by atoms with Gasteiger partial charge in [-0.25, -0.2) is 0 Å². The van der Waals surface area contributed by atoms with Crippen LogP contribution in [-0.4, -0.2) is 11.9 Å². The molecular weight excluding hydrogens is 268 g/mol. The smallest absolute Gasteiger partial charge is 0.231 e. The average molecular weight is 282 g/mol. The largest absolute Gasteiger partial charge is 0.504 e. The molecule has 0 unspecified atom stereocenters. The van der Waals surface area contributed by atoms with E-state index in [1.807, 2.05) is 30.4 Å². The summed E-state index contributed by atoms with van der Waals surface area (Å²) in [5.41, 5.74) is 1.58. The van der Waals surface area contributed by atoms with E-state index in [1.54, 1.807) is 12.1 Å². The second kappa shape index (κ2) is 5.71. The van der Waals surface area contributed by atoms with Crippen molar-refractivity contribution in [1.82, 2.24) is 0 Å². The lowest BCUT2D eigenvalue weighted by molar-refractivity contribution is 0.174. The van der Waals surface area contributed by atoms with Crippen LogP contribution in [0, 0.1) is 0 Å². The van der Waals surface area contributed by atoms with Crippen molar-refractivity contribution in [3.63, 3.8) is 0 Å². The molecule has 0 bridgehead atoms. The molecule has 2 aromatic rings. The predicted octanol–water partition coefficient (Wildman–Crippen LogP) is 2.74. The van der Waals surface area contributed by atoms with E-state index in [0.29, 0.717) is 0 Å². The van der Waals surface area contributed by atoms with Gasteiger partial charge in [0, 0.05) is 0 Å². The van der Waals surface area contributed by atoms with Gasteiger partial charge in [0.2, 0.25) is 12.2 Å². The second-order valence-corrected chi connectivity index (χ2v) is 4.71. The predicted molar refractivity (Wildman–Crippen MR) is 79.7 cm³/mol. The summed E-state index contributed by atoms with van der Waals surface area (Å²) < 4.78 is 10.6. The summed E-state index contributed by atoms with van der Waals surface area (Å²) in [7, 11) is 0. The lowest BCUT2D eigenvalue weighted by atomic mass is 10.1. The van der Waals surface area contributed by atoms with Gasteiger partial charge in [0.05, 0.1) is 0 Å². The number of ether oxygens (including phenoxy) is 2. The van der Waals surface area contributed by atoms with Gasteiger partial charge in [-0.1, -0.05) is 30.4 Å². The molecule has 0 atom stereocenters. The molecule has 1 N–H and O–H groups in total. The van der Waals surface area contributed by atoms with Gasteiger partial charge in [-0.05, 0) is 41.8 Å². The van der Waals surface area contributed by atoms with E-state index in [9.17, 15) is 9.90 Å². The van der Waals surface area contributed by atoms with Crippen LogP contribution < -0.4 is 14.9 Å². The summed E-state index contributed by atoms with van der Waals surface area (Å²) in [6, 6.07) is 12.0. The molecule has 0 fully saturated rings. The zero-order valence-corrected chi connectivity index (χ0v) is 11.3. The number of rotatable bonds is 3. The van der Waals surface area contributed by atoms with Gasteiger partial charge in [-0.2, -0.15) is 0 Å². The van der Waals surface area contributed by atoms with Crippen LogP contribution in [0.5, 0.6) is 17.2 Å². The van der Waals surface area contributed by atoms with E-state index in [-0.39, 0.29) is 18.0 Å². The van der Waals surface area contributed by atoms with Crippen molar-refractivity contribution < 1.29 is 14.6 Å². The third-order valence-corrected chi connectivity index (χ3v) is 3.21. The quantitative estimate of drug-likeness (QED) is 0.940. The molecule has 0 radical (unpaired) electrons. The van der Waals surface area contributed by atoms with Crippen LogP contribution in [0.2, 0.25) is 0 Å². The SMILES string of the molecule is O=c1ccc(/C=C/Cc2ccc3c(c2)OCO3)ccc1O. The van der Waals surface area contributed by atoms with E-state index in [2.05, 4.69) is 0 Å². The van der Waals surface area contributed by atoms with Gasteiger partial charge in [0.1, 0.15) is 0 Å². The minimum Gasteiger partial charge on any atom is -0.504 e. The topological polar surface area (TPSA) is 55.8 Å². The van der Waals surface area contributed by atoms with Crippen LogP contribution in [0.3, 0.4) is 0 Å². The highest BCUT2D eigenvalue weighted by Crippen LogP contribution is 2.32. The Hall–Kier alpha value is -2.75. The van der Waals surface area contributed by atoms with Crippen molar-refractivity contribution in [3.8, 4) is 17.2 Å². The van der Waals surface area contributed by atoms with E-state index < -0.39 is 0 Å². The second-order valence-electron chi connectivity index (χ2n) is 4.71. The number of hydrogen-bond donors (Lipinski definition) is 1. The Kier molecular flexibility index (Phi) is 3.60. The van der Waals surface area contributed by atoms with E-state index >= 15 is 0 Å². The molecule has 4 nitrogen and oxygen atoms in total. The normalized spacial score (nSPS) is 12.8. The maximum Gasteiger partial charge on any atom is 0.231 e. The molecule has 0 spiro atoms. The summed E-state index contributed by atoms with van der Waals surface area (Å²) in [5, 5.41) is 9.33. The first kappa shape index (κ1) is 13.2. The minimum absolute atomic E-state index is 0.245. The summed E-state index contributed by atoms with van der Waals surface area (Å²) in [4.78, 5) is 11.3. The molecule has 0 aromatic heterocycles. The molecule has 3 rings (SSSR count). The molecule has 1 heterocycles. The summed E-state index contributed by atoms with van der Waals surface area (Å²) in [5.74, 6) is 1.30. The Morgan fingerprint density at radius 3 is 2.76 bits per heavy atom. The Morgan fingerprint density at radius 2 is 1.86 bits per heavy atom. The highest BCUT2D eigenvalue weighted by Gasteiger charge is 2.12. The third-order valence-electron chi connectivity index (χ3n) is 3.21. The molecule has 2 aromatic carbocycles. The molecule has 0 saturated carbocycles. The van der Waals surface area contributed by atoms with E-state index in [0.717, 1.165) is 29.0 Å². The summed E-state index contributed by atoms with van der Waals surface area (Å²) >= 11 is 0. The first-order valence-electron chi connectivity index (χ1n) is 6.61. The van der Waals surface area contributed by atoms with Crippen molar-refractivity contribution >= 4 is 6.08 Å².